The number of nitrogen functional groups attached to an aromatic ring is 1. The van der Waals surface area contributed by atoms with Crippen molar-refractivity contribution in [3.05, 3.63) is 41.0 Å². The van der Waals surface area contributed by atoms with Crippen molar-refractivity contribution >= 4 is 29.1 Å². The smallest absolute Gasteiger partial charge is 0.368 e. The zero-order valence-corrected chi connectivity index (χ0v) is 12.7. The third-order valence-corrected chi connectivity index (χ3v) is 3.94. The number of alkyl halides is 3. The third kappa shape index (κ3) is 2.98. The quantitative estimate of drug-likeness (QED) is 0.836. The van der Waals surface area contributed by atoms with Gasteiger partial charge in [0.1, 0.15) is 11.2 Å². The Hall–Kier alpha value is -2.22. The lowest BCUT2D eigenvalue weighted by Gasteiger charge is -2.13. The first-order valence-electron chi connectivity index (χ1n) is 6.79. The number of para-hydroxylation sites is 1. The van der Waals surface area contributed by atoms with Crippen molar-refractivity contribution in [3.8, 4) is 0 Å². The molecule has 0 bridgehead atoms. The molecule has 0 saturated carbocycles. The van der Waals surface area contributed by atoms with E-state index in [1.807, 2.05) is 42.2 Å². The van der Waals surface area contributed by atoms with E-state index in [4.69, 9.17) is 17.3 Å². The lowest BCUT2D eigenvalue weighted by Crippen LogP contribution is -2.17. The van der Waals surface area contributed by atoms with Crippen LogP contribution in [0.4, 0.5) is 30.6 Å². The van der Waals surface area contributed by atoms with Gasteiger partial charge in [-0.1, -0.05) is 29.8 Å². The number of aromatic nitrogens is 2. The molecular formula is C14H13ClF3N5. The molecule has 9 heteroatoms. The van der Waals surface area contributed by atoms with Gasteiger partial charge in [-0.25, -0.2) is 4.98 Å². The van der Waals surface area contributed by atoms with Crippen molar-refractivity contribution in [2.75, 3.05) is 16.0 Å². The van der Waals surface area contributed by atoms with Gasteiger partial charge in [0.25, 0.3) is 0 Å². The van der Waals surface area contributed by atoms with Gasteiger partial charge in [-0.3, -0.25) is 0 Å². The zero-order chi connectivity index (χ0) is 16.8. The summed E-state index contributed by atoms with van der Waals surface area (Å²) in [6.45, 7) is 1.94. The Morgan fingerprint density at radius 3 is 2.48 bits per heavy atom. The van der Waals surface area contributed by atoms with Crippen molar-refractivity contribution in [3.63, 3.8) is 0 Å². The molecule has 1 saturated heterocycles. The minimum absolute atomic E-state index is 0.0824. The fourth-order valence-electron chi connectivity index (χ4n) is 2.42. The molecule has 2 aromatic rings. The molecule has 1 aliphatic heterocycles. The number of hydrogen-bond donors (Lipinski definition) is 2. The van der Waals surface area contributed by atoms with E-state index < -0.39 is 22.8 Å². The van der Waals surface area contributed by atoms with Crippen LogP contribution in [-0.2, 0) is 6.18 Å². The highest BCUT2D eigenvalue weighted by Gasteiger charge is 2.45. The van der Waals surface area contributed by atoms with Gasteiger partial charge < -0.3 is 16.0 Å². The second kappa shape index (κ2) is 5.45. The number of halogens is 4. The zero-order valence-electron chi connectivity index (χ0n) is 12.0. The van der Waals surface area contributed by atoms with Gasteiger partial charge in [0.15, 0.2) is 11.5 Å². The molecule has 23 heavy (non-hydrogen) atoms. The third-order valence-electron chi connectivity index (χ3n) is 3.58. The van der Waals surface area contributed by atoms with Crippen molar-refractivity contribution < 1.29 is 13.2 Å². The number of anilines is 3. The Bertz CT molecular complexity index is 722. The highest BCUT2D eigenvalue weighted by molar-refractivity contribution is 6.33. The Balaban J connectivity index is 1.86. The van der Waals surface area contributed by atoms with E-state index in [0.29, 0.717) is 0 Å². The van der Waals surface area contributed by atoms with Crippen LogP contribution in [-0.4, -0.2) is 22.2 Å². The average molecular weight is 344 g/mol. The number of nitrogens with one attached hydrogen (secondary N) is 1. The van der Waals surface area contributed by atoms with E-state index in [0.717, 1.165) is 5.69 Å². The number of nitrogens with zero attached hydrogens (tertiary/aromatic N) is 3. The maximum Gasteiger partial charge on any atom is 0.435 e. The predicted octanol–water partition coefficient (Wildman–Crippen LogP) is 3.38. The van der Waals surface area contributed by atoms with E-state index in [2.05, 4.69) is 15.3 Å². The van der Waals surface area contributed by atoms with Crippen LogP contribution in [0, 0.1) is 0 Å². The van der Waals surface area contributed by atoms with Gasteiger partial charge in [-0.15, -0.1) is 0 Å². The molecular weight excluding hydrogens is 331 g/mol. The van der Waals surface area contributed by atoms with Crippen LogP contribution in [0.5, 0.6) is 0 Å². The molecule has 1 aromatic heterocycles. The van der Waals surface area contributed by atoms with Gasteiger partial charge in [0.2, 0.25) is 5.95 Å². The topological polar surface area (TPSA) is 66.8 Å². The van der Waals surface area contributed by atoms with E-state index in [1.165, 1.54) is 0 Å². The summed E-state index contributed by atoms with van der Waals surface area (Å²) < 4.78 is 38.7. The Morgan fingerprint density at radius 2 is 1.87 bits per heavy atom. The van der Waals surface area contributed by atoms with Crippen LogP contribution >= 0.6 is 11.6 Å². The second-order valence-electron chi connectivity index (χ2n) is 5.16. The van der Waals surface area contributed by atoms with E-state index in [-0.39, 0.29) is 18.0 Å². The first-order valence-corrected chi connectivity index (χ1v) is 7.17. The minimum Gasteiger partial charge on any atom is -0.368 e. The highest BCUT2D eigenvalue weighted by Crippen LogP contribution is 2.40. The molecule has 1 fully saturated rings. The number of nitrogens with two attached hydrogens (primary N) is 1. The second-order valence-corrected chi connectivity index (χ2v) is 5.54. The molecule has 5 nitrogen and oxygen atoms in total. The van der Waals surface area contributed by atoms with Gasteiger partial charge in [-0.2, -0.15) is 18.2 Å². The molecule has 3 N–H and O–H groups in total. The molecule has 2 heterocycles. The summed E-state index contributed by atoms with van der Waals surface area (Å²) in [5.74, 6) is -0.606. The molecule has 3 rings (SSSR count). The summed E-state index contributed by atoms with van der Waals surface area (Å²) in [6.07, 6.45) is -4.91. The fourth-order valence-corrected chi connectivity index (χ4v) is 2.67. The fraction of sp³-hybridized carbons (Fsp3) is 0.286. The summed E-state index contributed by atoms with van der Waals surface area (Å²) in [7, 11) is 0. The first kappa shape index (κ1) is 15.7. The lowest BCUT2D eigenvalue weighted by atomic mass is 10.3. The summed E-state index contributed by atoms with van der Waals surface area (Å²) in [5, 5.41) is 2.31. The van der Waals surface area contributed by atoms with Crippen LogP contribution < -0.4 is 16.0 Å². The van der Waals surface area contributed by atoms with Crippen molar-refractivity contribution in [1.29, 1.82) is 0 Å². The lowest BCUT2D eigenvalue weighted by molar-refractivity contribution is -0.141. The number of benzene rings is 1. The monoisotopic (exact) mass is 343 g/mol. The molecule has 1 aliphatic rings. The summed E-state index contributed by atoms with van der Waals surface area (Å²) in [5.41, 5.74) is 5.08. The Labute approximate surface area is 135 Å². The van der Waals surface area contributed by atoms with E-state index in [1.54, 1.807) is 0 Å². The van der Waals surface area contributed by atoms with E-state index >= 15 is 0 Å². The summed E-state index contributed by atoms with van der Waals surface area (Å²) >= 11 is 5.80. The van der Waals surface area contributed by atoms with Crippen LogP contribution in [0.15, 0.2) is 30.3 Å². The van der Waals surface area contributed by atoms with Crippen LogP contribution in [0.3, 0.4) is 0 Å². The van der Waals surface area contributed by atoms with Gasteiger partial charge in [0.05, 0.1) is 6.04 Å². The number of hydrogen-bond acceptors (Lipinski definition) is 5. The van der Waals surface area contributed by atoms with Crippen molar-refractivity contribution in [2.45, 2.75) is 25.3 Å². The van der Waals surface area contributed by atoms with Crippen molar-refractivity contribution in [2.24, 2.45) is 0 Å². The molecule has 1 aromatic carbocycles. The van der Waals surface area contributed by atoms with Crippen LogP contribution in [0.25, 0.3) is 0 Å². The van der Waals surface area contributed by atoms with Crippen LogP contribution in [0.2, 0.25) is 5.02 Å². The molecule has 2 atom stereocenters. The largest absolute Gasteiger partial charge is 0.435 e. The molecule has 0 spiro atoms. The maximum absolute atomic E-state index is 12.9. The summed E-state index contributed by atoms with van der Waals surface area (Å²) in [4.78, 5) is 8.96. The van der Waals surface area contributed by atoms with Gasteiger partial charge in [0, 0.05) is 5.69 Å². The molecule has 0 radical (unpaired) electrons. The van der Waals surface area contributed by atoms with Crippen molar-refractivity contribution in [1.82, 2.24) is 9.97 Å². The molecule has 2 unspecified atom stereocenters. The first-order chi connectivity index (χ1) is 10.8. The maximum atomic E-state index is 12.9. The number of rotatable bonds is 3. The Kier molecular flexibility index (Phi) is 3.71. The molecule has 0 aliphatic carbocycles. The van der Waals surface area contributed by atoms with Gasteiger partial charge >= 0.3 is 6.18 Å². The molecule has 122 valence electrons. The van der Waals surface area contributed by atoms with Crippen LogP contribution in [0.1, 0.15) is 12.6 Å². The minimum atomic E-state index is -4.70. The standard InChI is InChI=1S/C14H13ClF3N5/c1-7-12(23(7)8-5-3-2-4-6-8)21-11-9(15)10(14(16,17)18)20-13(19)22-11/h2-7,12H,1H3,(H3,19,20,21,22). The average Bonchev–Trinajstić information content (AvgIpc) is 3.12. The summed E-state index contributed by atoms with van der Waals surface area (Å²) in [6, 6.07) is 9.56. The van der Waals surface area contributed by atoms with E-state index in [9.17, 15) is 13.2 Å². The highest BCUT2D eigenvalue weighted by atomic mass is 35.5. The predicted molar refractivity (Wildman–Crippen MR) is 82.3 cm³/mol. The van der Waals surface area contributed by atoms with Gasteiger partial charge in [-0.05, 0) is 19.1 Å². The normalized spacial score (nSPS) is 20.5. The Morgan fingerprint density at radius 1 is 1.22 bits per heavy atom. The SMILES string of the molecule is CC1C(Nc2nc(N)nc(C(F)(F)F)c2Cl)N1c1ccccc1. The molecule has 0 amide bonds.